The number of aliphatic hydroxyl groups excluding tert-OH is 1. The summed E-state index contributed by atoms with van der Waals surface area (Å²) in [5.41, 5.74) is 0.789. The number of ether oxygens (including phenoxy) is 3. The molecule has 1 aromatic carbocycles. The smallest absolute Gasteiger partial charge is 0.179 e. The van der Waals surface area contributed by atoms with E-state index < -0.39 is 6.10 Å². The topological polar surface area (TPSA) is 47.9 Å². The van der Waals surface area contributed by atoms with E-state index in [1.54, 1.807) is 6.07 Å². The third-order valence-corrected chi connectivity index (χ3v) is 4.31. The van der Waals surface area contributed by atoms with Crippen molar-refractivity contribution in [1.82, 2.24) is 0 Å². The largest absolute Gasteiger partial charge is 0.486 e. The second kappa shape index (κ2) is 6.86. The number of hydrogen-bond donors (Lipinski definition) is 1. The Labute approximate surface area is 130 Å². The van der Waals surface area contributed by atoms with Gasteiger partial charge in [0.2, 0.25) is 0 Å². The van der Waals surface area contributed by atoms with Crippen LogP contribution in [0, 0.1) is 0 Å². The van der Waals surface area contributed by atoms with Gasteiger partial charge in [-0.15, -0.1) is 0 Å². The first kappa shape index (κ1) is 14.9. The molecule has 0 bridgehead atoms. The zero-order valence-corrected chi connectivity index (χ0v) is 12.8. The third-order valence-electron chi connectivity index (χ3n) is 4.03. The van der Waals surface area contributed by atoms with Gasteiger partial charge in [0, 0.05) is 6.61 Å². The normalized spacial score (nSPS) is 22.3. The molecule has 0 aliphatic carbocycles. The van der Waals surface area contributed by atoms with Crippen LogP contribution >= 0.6 is 11.6 Å². The van der Waals surface area contributed by atoms with Gasteiger partial charge in [-0.05, 0) is 49.8 Å². The Morgan fingerprint density at radius 3 is 2.90 bits per heavy atom. The molecule has 1 N–H and O–H groups in total. The van der Waals surface area contributed by atoms with Crippen molar-refractivity contribution in [1.29, 1.82) is 0 Å². The molecule has 1 fully saturated rings. The number of halogens is 1. The third kappa shape index (κ3) is 3.62. The van der Waals surface area contributed by atoms with Crippen molar-refractivity contribution >= 4 is 11.6 Å². The van der Waals surface area contributed by atoms with Crippen LogP contribution in [0.3, 0.4) is 0 Å². The van der Waals surface area contributed by atoms with Gasteiger partial charge < -0.3 is 19.3 Å². The van der Waals surface area contributed by atoms with Crippen LogP contribution in [-0.2, 0) is 4.74 Å². The van der Waals surface area contributed by atoms with Crippen LogP contribution in [0.5, 0.6) is 11.5 Å². The van der Waals surface area contributed by atoms with E-state index in [0.717, 1.165) is 37.9 Å². The van der Waals surface area contributed by atoms with Gasteiger partial charge in [0.1, 0.15) is 13.2 Å². The standard InChI is InChI=1S/C16H21ClO4/c17-13-9-11(10-15-16(13)21-8-7-20-15)14(18)5-1-3-12-4-2-6-19-12/h9-10,12,14,18H,1-8H2. The lowest BCUT2D eigenvalue weighted by Gasteiger charge is -2.21. The molecular weight excluding hydrogens is 292 g/mol. The Hall–Kier alpha value is -0.970. The molecular formula is C16H21ClO4. The number of rotatable bonds is 5. The Balaban J connectivity index is 1.58. The van der Waals surface area contributed by atoms with Gasteiger partial charge in [0.05, 0.1) is 17.2 Å². The number of aliphatic hydroxyl groups is 1. The number of fused-ring (bicyclic) bond motifs is 1. The molecule has 21 heavy (non-hydrogen) atoms. The Kier molecular flexibility index (Phi) is 4.88. The van der Waals surface area contributed by atoms with E-state index in [1.165, 1.54) is 0 Å². The maximum absolute atomic E-state index is 10.3. The lowest BCUT2D eigenvalue weighted by Crippen LogP contribution is -2.16. The van der Waals surface area contributed by atoms with Crippen molar-refractivity contribution in [3.63, 3.8) is 0 Å². The molecule has 3 rings (SSSR count). The van der Waals surface area contributed by atoms with E-state index in [1.807, 2.05) is 6.07 Å². The average molecular weight is 313 g/mol. The molecule has 116 valence electrons. The zero-order valence-electron chi connectivity index (χ0n) is 12.0. The molecule has 1 saturated heterocycles. The predicted octanol–water partition coefficient (Wildman–Crippen LogP) is 3.49. The Morgan fingerprint density at radius 1 is 1.24 bits per heavy atom. The highest BCUT2D eigenvalue weighted by atomic mass is 35.5. The Morgan fingerprint density at radius 2 is 2.10 bits per heavy atom. The minimum absolute atomic E-state index is 0.376. The minimum atomic E-state index is -0.528. The first-order valence-electron chi connectivity index (χ1n) is 7.63. The lowest BCUT2D eigenvalue weighted by atomic mass is 10.0. The van der Waals surface area contributed by atoms with Crippen molar-refractivity contribution in [2.24, 2.45) is 0 Å². The summed E-state index contributed by atoms with van der Waals surface area (Å²) >= 11 is 6.19. The second-order valence-electron chi connectivity index (χ2n) is 5.61. The van der Waals surface area contributed by atoms with Gasteiger partial charge in [0.25, 0.3) is 0 Å². The molecule has 2 aliphatic rings. The fraction of sp³-hybridized carbons (Fsp3) is 0.625. The van der Waals surface area contributed by atoms with Crippen LogP contribution in [-0.4, -0.2) is 31.0 Å². The van der Waals surface area contributed by atoms with E-state index in [2.05, 4.69) is 0 Å². The molecule has 5 heteroatoms. The fourth-order valence-electron chi connectivity index (χ4n) is 2.90. The van der Waals surface area contributed by atoms with Gasteiger partial charge >= 0.3 is 0 Å². The van der Waals surface area contributed by atoms with Crippen molar-refractivity contribution in [2.75, 3.05) is 19.8 Å². The molecule has 0 radical (unpaired) electrons. The summed E-state index contributed by atoms with van der Waals surface area (Å²) < 4.78 is 16.6. The van der Waals surface area contributed by atoms with Crippen LogP contribution in [0.15, 0.2) is 12.1 Å². The second-order valence-corrected chi connectivity index (χ2v) is 6.02. The molecule has 2 unspecified atom stereocenters. The molecule has 1 aromatic rings. The molecule has 0 amide bonds. The predicted molar refractivity (Wildman–Crippen MR) is 80.2 cm³/mol. The van der Waals surface area contributed by atoms with Crippen LogP contribution in [0.4, 0.5) is 0 Å². The molecule has 0 saturated carbocycles. The van der Waals surface area contributed by atoms with E-state index in [-0.39, 0.29) is 0 Å². The van der Waals surface area contributed by atoms with Gasteiger partial charge in [-0.25, -0.2) is 0 Å². The van der Waals surface area contributed by atoms with Crippen molar-refractivity contribution in [3.8, 4) is 11.5 Å². The van der Waals surface area contributed by atoms with E-state index >= 15 is 0 Å². The van der Waals surface area contributed by atoms with Crippen LogP contribution in [0.1, 0.15) is 43.8 Å². The SMILES string of the molecule is OC(CCCC1CCCO1)c1cc(Cl)c2c(c1)OCCO2. The van der Waals surface area contributed by atoms with Gasteiger partial charge in [0.15, 0.2) is 11.5 Å². The summed E-state index contributed by atoms with van der Waals surface area (Å²) in [6, 6.07) is 3.60. The van der Waals surface area contributed by atoms with Gasteiger partial charge in [-0.1, -0.05) is 11.6 Å². The number of benzene rings is 1. The molecule has 2 aliphatic heterocycles. The van der Waals surface area contributed by atoms with Crippen molar-refractivity contribution in [2.45, 2.75) is 44.3 Å². The fourth-order valence-corrected chi connectivity index (χ4v) is 3.17. The van der Waals surface area contributed by atoms with Gasteiger partial charge in [-0.2, -0.15) is 0 Å². The molecule has 4 nitrogen and oxygen atoms in total. The highest BCUT2D eigenvalue weighted by Crippen LogP contribution is 2.40. The summed E-state index contributed by atoms with van der Waals surface area (Å²) in [7, 11) is 0. The van der Waals surface area contributed by atoms with Crippen LogP contribution < -0.4 is 9.47 Å². The Bertz CT molecular complexity index is 485. The van der Waals surface area contributed by atoms with E-state index in [0.29, 0.717) is 42.3 Å². The first-order chi connectivity index (χ1) is 10.2. The zero-order chi connectivity index (χ0) is 14.7. The lowest BCUT2D eigenvalue weighted by molar-refractivity contribution is 0.0943. The minimum Gasteiger partial charge on any atom is -0.486 e. The summed E-state index contributed by atoms with van der Waals surface area (Å²) in [4.78, 5) is 0. The van der Waals surface area contributed by atoms with Crippen LogP contribution in [0.2, 0.25) is 5.02 Å². The maximum atomic E-state index is 10.3. The van der Waals surface area contributed by atoms with E-state index in [4.69, 9.17) is 25.8 Å². The number of hydrogen-bond acceptors (Lipinski definition) is 4. The molecule has 0 aromatic heterocycles. The monoisotopic (exact) mass is 312 g/mol. The molecule has 2 atom stereocenters. The summed E-state index contributed by atoms with van der Waals surface area (Å²) in [5, 5.41) is 10.8. The average Bonchev–Trinajstić information content (AvgIpc) is 3.00. The van der Waals surface area contributed by atoms with Crippen LogP contribution in [0.25, 0.3) is 0 Å². The molecule has 2 heterocycles. The molecule has 0 spiro atoms. The maximum Gasteiger partial charge on any atom is 0.179 e. The van der Waals surface area contributed by atoms with Crippen molar-refractivity contribution < 1.29 is 19.3 Å². The quantitative estimate of drug-likeness (QED) is 0.904. The van der Waals surface area contributed by atoms with E-state index in [9.17, 15) is 5.11 Å². The highest BCUT2D eigenvalue weighted by Gasteiger charge is 2.20. The first-order valence-corrected chi connectivity index (χ1v) is 8.00. The summed E-state index contributed by atoms with van der Waals surface area (Å²) in [6.07, 6.45) is 4.81. The summed E-state index contributed by atoms with van der Waals surface area (Å²) in [6.45, 7) is 1.91. The summed E-state index contributed by atoms with van der Waals surface area (Å²) in [5.74, 6) is 1.21. The van der Waals surface area contributed by atoms with Gasteiger partial charge in [-0.3, -0.25) is 0 Å². The van der Waals surface area contributed by atoms with Crippen molar-refractivity contribution in [3.05, 3.63) is 22.7 Å². The highest BCUT2D eigenvalue weighted by molar-refractivity contribution is 6.32.